The van der Waals surface area contributed by atoms with Crippen molar-refractivity contribution in [2.45, 2.75) is 59.9 Å². The fraction of sp³-hybridized carbons (Fsp3) is 0.667. The van der Waals surface area contributed by atoms with Crippen LogP contribution in [0.4, 0.5) is 0 Å². The minimum absolute atomic E-state index is 0. The van der Waals surface area contributed by atoms with Gasteiger partial charge in [-0.1, -0.05) is 26.8 Å². The van der Waals surface area contributed by atoms with E-state index in [0.717, 1.165) is 31.0 Å². The molecule has 1 aromatic rings. The Bertz CT molecular complexity index is 463. The van der Waals surface area contributed by atoms with Crippen LogP contribution in [0.3, 0.4) is 0 Å². The zero-order chi connectivity index (χ0) is 16.6. The molecule has 132 valence electrons. The van der Waals surface area contributed by atoms with E-state index < -0.39 is 0 Å². The van der Waals surface area contributed by atoms with Gasteiger partial charge in [-0.25, -0.2) is 0 Å². The Balaban J connectivity index is 0.00000484. The molecule has 0 aromatic carbocycles. The lowest BCUT2D eigenvalue weighted by atomic mass is 9.89. The molecule has 0 fully saturated rings. The monoisotopic (exact) mass is 432 g/mol. The number of nitrogens with zero attached hydrogens (tertiary/aromatic N) is 2. The van der Waals surface area contributed by atoms with E-state index in [0.29, 0.717) is 11.5 Å². The molecular weight excluding hydrogens is 399 g/mol. The van der Waals surface area contributed by atoms with Crippen LogP contribution >= 0.6 is 24.0 Å². The highest BCUT2D eigenvalue weighted by Crippen LogP contribution is 2.21. The molecule has 1 unspecified atom stereocenters. The normalized spacial score (nSPS) is 13.2. The maximum Gasteiger partial charge on any atom is 0.191 e. The largest absolute Gasteiger partial charge is 0.356 e. The van der Waals surface area contributed by atoms with E-state index in [-0.39, 0.29) is 24.0 Å². The van der Waals surface area contributed by atoms with Gasteiger partial charge in [-0.3, -0.25) is 9.98 Å². The van der Waals surface area contributed by atoms with Crippen molar-refractivity contribution in [2.75, 3.05) is 13.6 Å². The molecule has 1 heterocycles. The molecule has 5 heteroatoms. The summed E-state index contributed by atoms with van der Waals surface area (Å²) in [6.45, 7) is 11.9. The van der Waals surface area contributed by atoms with Crippen LogP contribution in [-0.4, -0.2) is 30.6 Å². The number of halogens is 1. The third kappa shape index (κ3) is 10.5. The molecule has 0 aliphatic heterocycles. The van der Waals surface area contributed by atoms with Crippen molar-refractivity contribution < 1.29 is 0 Å². The Kier molecular flexibility index (Phi) is 10.4. The van der Waals surface area contributed by atoms with E-state index in [1.54, 1.807) is 0 Å². The molecule has 1 rings (SSSR count). The van der Waals surface area contributed by atoms with Gasteiger partial charge >= 0.3 is 0 Å². The molecule has 2 N–H and O–H groups in total. The molecule has 0 saturated carbocycles. The van der Waals surface area contributed by atoms with Gasteiger partial charge in [0.2, 0.25) is 0 Å². The summed E-state index contributed by atoms with van der Waals surface area (Å²) in [6.07, 6.45) is 5.24. The van der Waals surface area contributed by atoms with Crippen LogP contribution in [0.2, 0.25) is 0 Å². The number of guanidine groups is 1. The summed E-state index contributed by atoms with van der Waals surface area (Å²) >= 11 is 0. The number of aliphatic imine (C=N–C) groups is 1. The Morgan fingerprint density at radius 2 is 2.00 bits per heavy atom. The zero-order valence-corrected chi connectivity index (χ0v) is 17.8. The highest BCUT2D eigenvalue weighted by molar-refractivity contribution is 14.0. The van der Waals surface area contributed by atoms with Crippen LogP contribution in [0, 0.1) is 12.3 Å². The van der Waals surface area contributed by atoms with Gasteiger partial charge in [0.15, 0.2) is 5.96 Å². The quantitative estimate of drug-likeness (QED) is 0.407. The molecule has 1 atom stereocenters. The molecule has 4 nitrogen and oxygen atoms in total. The first-order valence-corrected chi connectivity index (χ1v) is 8.19. The predicted octanol–water partition coefficient (Wildman–Crippen LogP) is 3.93. The van der Waals surface area contributed by atoms with Crippen molar-refractivity contribution in [1.82, 2.24) is 15.6 Å². The van der Waals surface area contributed by atoms with E-state index >= 15 is 0 Å². The minimum atomic E-state index is 0. The second-order valence-corrected chi connectivity index (χ2v) is 7.20. The first-order valence-electron chi connectivity index (χ1n) is 8.19. The molecule has 0 amide bonds. The van der Waals surface area contributed by atoms with Crippen LogP contribution in [0.25, 0.3) is 0 Å². The van der Waals surface area contributed by atoms with Crippen LogP contribution in [0.1, 0.15) is 51.8 Å². The van der Waals surface area contributed by atoms with Crippen molar-refractivity contribution in [3.05, 3.63) is 29.6 Å². The number of nitrogens with one attached hydrogen (secondary N) is 2. The van der Waals surface area contributed by atoms with Gasteiger partial charge in [-0.2, -0.15) is 0 Å². The lowest BCUT2D eigenvalue weighted by Gasteiger charge is -2.23. The Hall–Kier alpha value is -0.850. The summed E-state index contributed by atoms with van der Waals surface area (Å²) < 4.78 is 0. The Labute approximate surface area is 159 Å². The number of hydrogen-bond acceptors (Lipinski definition) is 2. The fourth-order valence-electron chi connectivity index (χ4n) is 2.12. The number of rotatable bonds is 6. The first-order chi connectivity index (χ1) is 10.3. The van der Waals surface area contributed by atoms with E-state index in [1.165, 1.54) is 12.0 Å². The summed E-state index contributed by atoms with van der Waals surface area (Å²) in [5.74, 6) is 0.876. The fourth-order valence-corrected chi connectivity index (χ4v) is 2.12. The average Bonchev–Trinajstić information content (AvgIpc) is 2.45. The smallest absolute Gasteiger partial charge is 0.191 e. The Morgan fingerprint density at radius 1 is 1.30 bits per heavy atom. The van der Waals surface area contributed by atoms with Crippen LogP contribution in [-0.2, 0) is 6.42 Å². The maximum absolute atomic E-state index is 4.32. The Morgan fingerprint density at radius 3 is 2.52 bits per heavy atom. The molecule has 0 bridgehead atoms. The second kappa shape index (κ2) is 10.8. The third-order valence-corrected chi connectivity index (χ3v) is 3.61. The molecule has 0 spiro atoms. The van der Waals surface area contributed by atoms with Crippen LogP contribution < -0.4 is 10.6 Å². The molecule has 0 aliphatic rings. The highest BCUT2D eigenvalue weighted by Gasteiger charge is 2.13. The lowest BCUT2D eigenvalue weighted by molar-refractivity contribution is 0.346. The van der Waals surface area contributed by atoms with E-state index in [9.17, 15) is 0 Å². The van der Waals surface area contributed by atoms with Crippen molar-refractivity contribution >= 4 is 29.9 Å². The van der Waals surface area contributed by atoms with Gasteiger partial charge < -0.3 is 10.6 Å². The van der Waals surface area contributed by atoms with E-state index in [4.69, 9.17) is 0 Å². The van der Waals surface area contributed by atoms with Crippen molar-refractivity contribution in [3.8, 4) is 0 Å². The number of aromatic nitrogens is 1. The van der Waals surface area contributed by atoms with Gasteiger partial charge in [-0.15, -0.1) is 24.0 Å². The standard InChI is InChI=1S/C18H32N4.HI/c1-14-7-8-16(13-21-14)10-12-20-17(19-6)22-15(2)9-11-18(3,4)5;/h7-8,13,15H,9-12H2,1-6H3,(H2,19,20,22);1H. The van der Waals surface area contributed by atoms with Gasteiger partial charge in [-0.05, 0) is 50.2 Å². The van der Waals surface area contributed by atoms with E-state index in [1.807, 2.05) is 20.2 Å². The predicted molar refractivity (Wildman–Crippen MR) is 111 cm³/mol. The average molecular weight is 432 g/mol. The molecule has 23 heavy (non-hydrogen) atoms. The SMILES string of the molecule is CN=C(NCCc1ccc(C)nc1)NC(C)CCC(C)(C)C.I. The van der Waals surface area contributed by atoms with Gasteiger partial charge in [0.25, 0.3) is 0 Å². The van der Waals surface area contributed by atoms with Crippen molar-refractivity contribution in [2.24, 2.45) is 10.4 Å². The summed E-state index contributed by atoms with van der Waals surface area (Å²) in [5.41, 5.74) is 2.68. The maximum atomic E-state index is 4.32. The number of aryl methyl sites for hydroxylation is 1. The van der Waals surface area contributed by atoms with Gasteiger partial charge in [0.1, 0.15) is 0 Å². The van der Waals surface area contributed by atoms with Crippen molar-refractivity contribution in [3.63, 3.8) is 0 Å². The van der Waals surface area contributed by atoms with Gasteiger partial charge in [0, 0.05) is 31.5 Å². The van der Waals surface area contributed by atoms with Crippen LogP contribution in [0.5, 0.6) is 0 Å². The third-order valence-electron chi connectivity index (χ3n) is 3.61. The minimum Gasteiger partial charge on any atom is -0.356 e. The summed E-state index contributed by atoms with van der Waals surface area (Å²) in [6, 6.07) is 4.61. The first kappa shape index (κ1) is 22.1. The number of pyridine rings is 1. The van der Waals surface area contributed by atoms with Gasteiger partial charge in [0.05, 0.1) is 0 Å². The van der Waals surface area contributed by atoms with E-state index in [2.05, 4.69) is 60.4 Å². The molecule has 0 saturated heterocycles. The summed E-state index contributed by atoms with van der Waals surface area (Å²) in [7, 11) is 1.82. The second-order valence-electron chi connectivity index (χ2n) is 7.20. The van der Waals surface area contributed by atoms with Crippen molar-refractivity contribution in [1.29, 1.82) is 0 Å². The lowest BCUT2D eigenvalue weighted by Crippen LogP contribution is -2.43. The molecule has 0 aliphatic carbocycles. The number of hydrogen-bond donors (Lipinski definition) is 2. The molecular formula is C18H33IN4. The highest BCUT2D eigenvalue weighted by atomic mass is 127. The zero-order valence-electron chi connectivity index (χ0n) is 15.4. The topological polar surface area (TPSA) is 49.3 Å². The van der Waals surface area contributed by atoms with Crippen LogP contribution in [0.15, 0.2) is 23.3 Å². The summed E-state index contributed by atoms with van der Waals surface area (Å²) in [5, 5.41) is 6.83. The molecule has 0 radical (unpaired) electrons. The summed E-state index contributed by atoms with van der Waals surface area (Å²) in [4.78, 5) is 8.62. The molecule has 1 aromatic heterocycles.